The fourth-order valence-electron chi connectivity index (χ4n) is 2.25. The van der Waals surface area contributed by atoms with E-state index in [0.717, 1.165) is 42.1 Å². The van der Waals surface area contributed by atoms with Gasteiger partial charge in [-0.1, -0.05) is 20.3 Å². The summed E-state index contributed by atoms with van der Waals surface area (Å²) in [7, 11) is -1.70. The standard InChI is InChI=1S/C15H28N2O2S2/c1-6-8-12(3)17(5)21(18,19)15-10-14(20-13(15)4)11-16-9-7-2/h10,12,16H,6-9,11H2,1-5H3. The summed E-state index contributed by atoms with van der Waals surface area (Å²) in [5.74, 6) is 0. The number of nitrogens with one attached hydrogen (secondary N) is 1. The fourth-order valence-corrected chi connectivity index (χ4v) is 5.21. The lowest BCUT2D eigenvalue weighted by Crippen LogP contribution is -2.35. The van der Waals surface area contributed by atoms with Crippen molar-refractivity contribution in [2.24, 2.45) is 0 Å². The number of hydrogen-bond acceptors (Lipinski definition) is 4. The molecular weight excluding hydrogens is 304 g/mol. The van der Waals surface area contributed by atoms with Crippen molar-refractivity contribution in [3.05, 3.63) is 15.8 Å². The Morgan fingerprint density at radius 2 is 2.00 bits per heavy atom. The van der Waals surface area contributed by atoms with Crippen molar-refractivity contribution in [1.82, 2.24) is 9.62 Å². The summed E-state index contributed by atoms with van der Waals surface area (Å²) in [4.78, 5) is 2.42. The van der Waals surface area contributed by atoms with E-state index in [4.69, 9.17) is 0 Å². The normalized spacial score (nSPS) is 13.8. The minimum atomic E-state index is -3.38. The van der Waals surface area contributed by atoms with Gasteiger partial charge in [-0.3, -0.25) is 0 Å². The van der Waals surface area contributed by atoms with Crippen LogP contribution in [0.2, 0.25) is 0 Å². The van der Waals surface area contributed by atoms with Crippen molar-refractivity contribution >= 4 is 21.4 Å². The summed E-state index contributed by atoms with van der Waals surface area (Å²) >= 11 is 1.57. The van der Waals surface area contributed by atoms with Crippen LogP contribution in [0, 0.1) is 6.92 Å². The van der Waals surface area contributed by atoms with Crippen LogP contribution in [0.5, 0.6) is 0 Å². The topological polar surface area (TPSA) is 49.4 Å². The maximum Gasteiger partial charge on any atom is 0.244 e. The van der Waals surface area contributed by atoms with E-state index in [-0.39, 0.29) is 6.04 Å². The van der Waals surface area contributed by atoms with Crippen LogP contribution < -0.4 is 5.32 Å². The molecule has 21 heavy (non-hydrogen) atoms. The molecule has 6 heteroatoms. The van der Waals surface area contributed by atoms with Gasteiger partial charge < -0.3 is 5.32 Å². The van der Waals surface area contributed by atoms with Gasteiger partial charge in [-0.25, -0.2) is 8.42 Å². The van der Waals surface area contributed by atoms with Crippen molar-refractivity contribution in [2.45, 2.75) is 64.4 Å². The minimum Gasteiger partial charge on any atom is -0.312 e. The lowest BCUT2D eigenvalue weighted by atomic mass is 10.2. The Labute approximate surface area is 133 Å². The smallest absolute Gasteiger partial charge is 0.244 e. The van der Waals surface area contributed by atoms with Crippen LogP contribution in [0.4, 0.5) is 0 Å². The second kappa shape index (κ2) is 8.27. The Hall–Kier alpha value is -0.430. The molecule has 0 saturated carbocycles. The molecule has 122 valence electrons. The van der Waals surface area contributed by atoms with Crippen molar-refractivity contribution in [2.75, 3.05) is 13.6 Å². The van der Waals surface area contributed by atoms with E-state index in [9.17, 15) is 8.42 Å². The summed E-state index contributed by atoms with van der Waals surface area (Å²) < 4.78 is 27.0. The number of nitrogens with zero attached hydrogens (tertiary/aromatic N) is 1. The average molecular weight is 333 g/mol. The van der Waals surface area contributed by atoms with Crippen LogP contribution in [-0.4, -0.2) is 32.4 Å². The molecule has 0 aliphatic carbocycles. The van der Waals surface area contributed by atoms with E-state index in [1.807, 2.05) is 19.9 Å². The molecule has 4 nitrogen and oxygen atoms in total. The van der Waals surface area contributed by atoms with E-state index in [1.54, 1.807) is 18.4 Å². The second-order valence-corrected chi connectivity index (χ2v) is 8.78. The highest BCUT2D eigenvalue weighted by molar-refractivity contribution is 7.89. The molecule has 0 aliphatic heterocycles. The highest BCUT2D eigenvalue weighted by Gasteiger charge is 2.27. The zero-order valence-electron chi connectivity index (χ0n) is 13.8. The van der Waals surface area contributed by atoms with Crippen molar-refractivity contribution in [3.8, 4) is 0 Å². The molecule has 1 heterocycles. The van der Waals surface area contributed by atoms with Crippen LogP contribution >= 0.6 is 11.3 Å². The van der Waals surface area contributed by atoms with E-state index < -0.39 is 10.0 Å². The van der Waals surface area contributed by atoms with Crippen LogP contribution in [0.1, 0.15) is 49.8 Å². The van der Waals surface area contributed by atoms with Crippen LogP contribution in [0.25, 0.3) is 0 Å². The molecule has 0 radical (unpaired) electrons. The number of sulfonamides is 1. The summed E-state index contributed by atoms with van der Waals surface area (Å²) in [6, 6.07) is 1.86. The molecule has 1 N–H and O–H groups in total. The second-order valence-electron chi connectivity index (χ2n) is 5.47. The van der Waals surface area contributed by atoms with Crippen LogP contribution in [0.3, 0.4) is 0 Å². The van der Waals surface area contributed by atoms with Gasteiger partial charge in [0.25, 0.3) is 0 Å². The van der Waals surface area contributed by atoms with Crippen LogP contribution in [0.15, 0.2) is 11.0 Å². The molecule has 0 fully saturated rings. The van der Waals surface area contributed by atoms with Crippen molar-refractivity contribution in [1.29, 1.82) is 0 Å². The van der Waals surface area contributed by atoms with Gasteiger partial charge in [0.2, 0.25) is 10.0 Å². The fraction of sp³-hybridized carbons (Fsp3) is 0.733. The predicted octanol–water partition coefficient (Wildman–Crippen LogP) is 3.37. The summed E-state index contributed by atoms with van der Waals surface area (Å²) in [5, 5.41) is 3.32. The van der Waals surface area contributed by atoms with Gasteiger partial charge in [-0.05, 0) is 39.3 Å². The zero-order chi connectivity index (χ0) is 16.0. The summed E-state index contributed by atoms with van der Waals surface area (Å²) in [6.07, 6.45) is 2.94. The molecule has 1 aromatic heterocycles. The maximum atomic E-state index is 12.7. The highest BCUT2D eigenvalue weighted by Crippen LogP contribution is 2.29. The van der Waals surface area contributed by atoms with Gasteiger partial charge in [0, 0.05) is 29.4 Å². The quantitative estimate of drug-likeness (QED) is 0.705. The van der Waals surface area contributed by atoms with E-state index in [0.29, 0.717) is 4.90 Å². The number of aryl methyl sites for hydroxylation is 1. The van der Waals surface area contributed by atoms with Gasteiger partial charge in [0.05, 0.1) is 4.90 Å². The van der Waals surface area contributed by atoms with Crippen molar-refractivity contribution < 1.29 is 8.42 Å². The first-order chi connectivity index (χ1) is 9.84. The molecule has 1 rings (SSSR count). The first-order valence-corrected chi connectivity index (χ1v) is 9.88. The lowest BCUT2D eigenvalue weighted by Gasteiger charge is -2.23. The molecule has 0 bridgehead atoms. The van der Waals surface area contributed by atoms with Crippen molar-refractivity contribution in [3.63, 3.8) is 0 Å². The van der Waals surface area contributed by atoms with Gasteiger partial charge in [0.1, 0.15) is 0 Å². The first kappa shape index (κ1) is 18.6. The molecule has 0 amide bonds. The molecule has 1 unspecified atom stereocenters. The number of hydrogen-bond donors (Lipinski definition) is 1. The molecule has 0 aromatic carbocycles. The first-order valence-electron chi connectivity index (χ1n) is 7.62. The Morgan fingerprint density at radius 3 is 2.57 bits per heavy atom. The predicted molar refractivity (Wildman–Crippen MR) is 90.4 cm³/mol. The third-order valence-corrected chi connectivity index (χ3v) is 6.91. The summed E-state index contributed by atoms with van der Waals surface area (Å²) in [6.45, 7) is 9.73. The Bertz CT molecular complexity index is 538. The third kappa shape index (κ3) is 4.77. The molecule has 1 atom stereocenters. The Kier molecular flexibility index (Phi) is 7.33. The van der Waals surface area contributed by atoms with Crippen LogP contribution in [-0.2, 0) is 16.6 Å². The SMILES string of the molecule is CCCNCc1cc(S(=O)(=O)N(C)C(C)CCC)c(C)s1. The molecule has 0 aliphatic rings. The third-order valence-electron chi connectivity index (χ3n) is 3.63. The van der Waals surface area contributed by atoms with Gasteiger partial charge in [-0.15, -0.1) is 11.3 Å². The van der Waals surface area contributed by atoms with E-state index >= 15 is 0 Å². The molecule has 1 aromatic rings. The largest absolute Gasteiger partial charge is 0.312 e. The monoisotopic (exact) mass is 332 g/mol. The summed E-state index contributed by atoms with van der Waals surface area (Å²) in [5.41, 5.74) is 0. The Balaban J connectivity index is 2.92. The zero-order valence-corrected chi connectivity index (χ0v) is 15.4. The molecular formula is C15H28N2O2S2. The van der Waals surface area contributed by atoms with Gasteiger partial charge in [-0.2, -0.15) is 4.31 Å². The maximum absolute atomic E-state index is 12.7. The van der Waals surface area contributed by atoms with Gasteiger partial charge in [0.15, 0.2) is 0 Å². The molecule has 0 spiro atoms. The molecule has 0 saturated heterocycles. The van der Waals surface area contributed by atoms with E-state index in [1.165, 1.54) is 4.31 Å². The minimum absolute atomic E-state index is 0.0287. The number of thiophene rings is 1. The average Bonchev–Trinajstić information content (AvgIpc) is 2.80. The number of rotatable bonds is 9. The highest BCUT2D eigenvalue weighted by atomic mass is 32.2. The van der Waals surface area contributed by atoms with Gasteiger partial charge >= 0.3 is 0 Å². The van der Waals surface area contributed by atoms with E-state index in [2.05, 4.69) is 19.2 Å². The lowest BCUT2D eigenvalue weighted by molar-refractivity contribution is 0.368. The Morgan fingerprint density at radius 1 is 1.33 bits per heavy atom.